The fraction of sp³-hybridized carbons (Fsp3) is 0.242. The van der Waals surface area contributed by atoms with E-state index in [2.05, 4.69) is 36.4 Å². The van der Waals surface area contributed by atoms with Gasteiger partial charge < -0.3 is 9.84 Å². The van der Waals surface area contributed by atoms with Gasteiger partial charge in [0, 0.05) is 11.2 Å². The molecule has 1 unspecified atom stereocenters. The molecule has 0 radical (unpaired) electrons. The van der Waals surface area contributed by atoms with Crippen LogP contribution < -0.4 is 0 Å². The second-order valence-electron chi connectivity index (χ2n) is 10.1. The molecule has 0 saturated heterocycles. The van der Waals surface area contributed by atoms with Crippen molar-refractivity contribution >= 4 is 16.9 Å². The Kier molecular flexibility index (Phi) is 8.65. The van der Waals surface area contributed by atoms with Crippen LogP contribution in [0.25, 0.3) is 0 Å². The summed E-state index contributed by atoms with van der Waals surface area (Å²) in [4.78, 5) is 12.3. The standard InChI is InChI=1S/C33H34O3S/c1-32(2,3)37-31(35)23-30(34)26-21-19-25(20-22-26)24-36-33(27-13-7-4-8-14-27,28-15-9-5-10-16-28)29-17-11-6-12-18-29/h4-22,30,34H,23-24H2,1-3H3. The van der Waals surface area contributed by atoms with Gasteiger partial charge in [-0.3, -0.25) is 4.79 Å². The predicted molar refractivity (Wildman–Crippen MR) is 152 cm³/mol. The summed E-state index contributed by atoms with van der Waals surface area (Å²) in [5.41, 5.74) is 4.07. The van der Waals surface area contributed by atoms with E-state index in [9.17, 15) is 9.90 Å². The van der Waals surface area contributed by atoms with Crippen molar-refractivity contribution in [2.24, 2.45) is 0 Å². The molecule has 0 spiro atoms. The fourth-order valence-corrected chi connectivity index (χ4v) is 5.38. The summed E-state index contributed by atoms with van der Waals surface area (Å²) in [6.45, 7) is 6.36. The van der Waals surface area contributed by atoms with Gasteiger partial charge in [0.1, 0.15) is 5.60 Å². The summed E-state index contributed by atoms with van der Waals surface area (Å²) >= 11 is 1.27. The molecular formula is C33H34O3S. The maximum atomic E-state index is 12.3. The van der Waals surface area contributed by atoms with Crippen LogP contribution in [0.2, 0.25) is 0 Å². The van der Waals surface area contributed by atoms with E-state index in [1.165, 1.54) is 11.8 Å². The van der Waals surface area contributed by atoms with Crippen molar-refractivity contribution in [1.82, 2.24) is 0 Å². The molecule has 0 aliphatic rings. The summed E-state index contributed by atoms with van der Waals surface area (Å²) in [7, 11) is 0. The number of carbonyl (C=O) groups is 1. The lowest BCUT2D eigenvalue weighted by atomic mass is 9.80. The summed E-state index contributed by atoms with van der Waals surface area (Å²) < 4.78 is 6.71. The summed E-state index contributed by atoms with van der Waals surface area (Å²) in [5, 5.41) is 10.6. The van der Waals surface area contributed by atoms with E-state index in [1.54, 1.807) is 0 Å². The molecule has 0 amide bonds. The maximum Gasteiger partial charge on any atom is 0.192 e. The highest BCUT2D eigenvalue weighted by molar-refractivity contribution is 8.14. The Hall–Kier alpha value is -3.18. The van der Waals surface area contributed by atoms with Crippen molar-refractivity contribution in [2.45, 2.75) is 50.3 Å². The number of aliphatic hydroxyl groups is 1. The molecule has 1 atom stereocenters. The van der Waals surface area contributed by atoms with Gasteiger partial charge in [-0.05, 0) is 27.8 Å². The zero-order chi connectivity index (χ0) is 26.3. The van der Waals surface area contributed by atoms with Crippen LogP contribution in [0, 0.1) is 0 Å². The molecule has 0 heterocycles. The van der Waals surface area contributed by atoms with Crippen molar-refractivity contribution in [3.8, 4) is 0 Å². The third-order valence-electron chi connectivity index (χ3n) is 6.14. The average molecular weight is 511 g/mol. The Bertz CT molecular complexity index is 1170. The molecule has 1 N–H and O–H groups in total. The van der Waals surface area contributed by atoms with Crippen LogP contribution in [0.4, 0.5) is 0 Å². The monoisotopic (exact) mass is 510 g/mol. The molecule has 4 heteroatoms. The lowest BCUT2D eigenvalue weighted by molar-refractivity contribution is -0.112. The minimum atomic E-state index is -0.825. The van der Waals surface area contributed by atoms with E-state index in [0.29, 0.717) is 6.61 Å². The minimum Gasteiger partial charge on any atom is -0.388 e. The first-order valence-electron chi connectivity index (χ1n) is 12.6. The first kappa shape index (κ1) is 26.9. The van der Waals surface area contributed by atoms with Gasteiger partial charge in [-0.15, -0.1) is 0 Å². The zero-order valence-electron chi connectivity index (χ0n) is 21.6. The summed E-state index contributed by atoms with van der Waals surface area (Å²) in [5.74, 6) is 0. The number of hydrogen-bond acceptors (Lipinski definition) is 4. The molecule has 4 aromatic rings. The topological polar surface area (TPSA) is 46.5 Å². The van der Waals surface area contributed by atoms with Gasteiger partial charge in [0.05, 0.1) is 12.7 Å². The van der Waals surface area contributed by atoms with E-state index in [-0.39, 0.29) is 16.3 Å². The Morgan fingerprint density at radius 2 is 1.16 bits per heavy atom. The molecule has 0 aliphatic carbocycles. The predicted octanol–water partition coefficient (Wildman–Crippen LogP) is 7.68. The molecule has 3 nitrogen and oxygen atoms in total. The van der Waals surface area contributed by atoms with Gasteiger partial charge in [-0.25, -0.2) is 0 Å². The van der Waals surface area contributed by atoms with E-state index in [1.807, 2.05) is 99.6 Å². The Morgan fingerprint density at radius 3 is 1.57 bits per heavy atom. The molecule has 0 aliphatic heterocycles. The lowest BCUT2D eigenvalue weighted by Crippen LogP contribution is -2.32. The Balaban J connectivity index is 1.60. The van der Waals surface area contributed by atoms with Crippen molar-refractivity contribution < 1.29 is 14.6 Å². The van der Waals surface area contributed by atoms with Gasteiger partial charge in [0.15, 0.2) is 5.12 Å². The van der Waals surface area contributed by atoms with Crippen LogP contribution in [-0.2, 0) is 21.7 Å². The van der Waals surface area contributed by atoms with Crippen LogP contribution in [0.5, 0.6) is 0 Å². The van der Waals surface area contributed by atoms with Gasteiger partial charge in [0.25, 0.3) is 0 Å². The highest BCUT2D eigenvalue weighted by Crippen LogP contribution is 2.41. The van der Waals surface area contributed by atoms with Crippen LogP contribution in [0.1, 0.15) is 61.1 Å². The smallest absolute Gasteiger partial charge is 0.192 e. The summed E-state index contributed by atoms with van der Waals surface area (Å²) in [6.07, 6.45) is -0.730. The normalized spacial score (nSPS) is 12.8. The quantitative estimate of drug-likeness (QED) is 0.235. The molecular weight excluding hydrogens is 476 g/mol. The number of benzene rings is 4. The molecule has 4 aromatic carbocycles. The van der Waals surface area contributed by atoms with Crippen LogP contribution >= 0.6 is 11.8 Å². The van der Waals surface area contributed by atoms with E-state index in [4.69, 9.17) is 4.74 Å². The van der Waals surface area contributed by atoms with E-state index < -0.39 is 11.7 Å². The second kappa shape index (κ2) is 11.9. The highest BCUT2D eigenvalue weighted by Gasteiger charge is 2.37. The van der Waals surface area contributed by atoms with Crippen LogP contribution in [-0.4, -0.2) is 15.0 Å². The largest absolute Gasteiger partial charge is 0.388 e. The molecule has 190 valence electrons. The number of rotatable bonds is 9. The zero-order valence-corrected chi connectivity index (χ0v) is 22.4. The fourth-order valence-electron chi connectivity index (χ4n) is 4.46. The summed E-state index contributed by atoms with van der Waals surface area (Å²) in [6, 6.07) is 38.6. The van der Waals surface area contributed by atoms with Crippen LogP contribution in [0.3, 0.4) is 0 Å². The molecule has 0 saturated carbocycles. The number of aliphatic hydroxyl groups excluding tert-OH is 1. The highest BCUT2D eigenvalue weighted by atomic mass is 32.2. The van der Waals surface area contributed by atoms with E-state index >= 15 is 0 Å². The third kappa shape index (κ3) is 6.78. The number of hydrogen-bond donors (Lipinski definition) is 1. The molecule has 0 aromatic heterocycles. The van der Waals surface area contributed by atoms with Gasteiger partial charge in [0.2, 0.25) is 0 Å². The Labute approximate surface area is 224 Å². The number of ether oxygens (including phenoxy) is 1. The Morgan fingerprint density at radius 1 is 0.730 bits per heavy atom. The molecule has 0 fully saturated rings. The van der Waals surface area contributed by atoms with Crippen molar-refractivity contribution in [1.29, 1.82) is 0 Å². The van der Waals surface area contributed by atoms with E-state index in [0.717, 1.165) is 27.8 Å². The molecule has 37 heavy (non-hydrogen) atoms. The average Bonchev–Trinajstić information content (AvgIpc) is 2.90. The first-order valence-corrected chi connectivity index (χ1v) is 13.4. The van der Waals surface area contributed by atoms with Crippen molar-refractivity contribution in [3.05, 3.63) is 143 Å². The maximum absolute atomic E-state index is 12.3. The number of carbonyl (C=O) groups excluding carboxylic acids is 1. The van der Waals surface area contributed by atoms with Crippen LogP contribution in [0.15, 0.2) is 115 Å². The number of thioether (sulfide) groups is 1. The first-order chi connectivity index (χ1) is 17.8. The van der Waals surface area contributed by atoms with Crippen molar-refractivity contribution in [2.75, 3.05) is 0 Å². The van der Waals surface area contributed by atoms with Gasteiger partial charge in [-0.2, -0.15) is 0 Å². The SMILES string of the molecule is CC(C)(C)SC(=O)CC(O)c1ccc(COC(c2ccccc2)(c2ccccc2)c2ccccc2)cc1. The minimum absolute atomic E-state index is 0.00854. The van der Waals surface area contributed by atoms with Crippen molar-refractivity contribution in [3.63, 3.8) is 0 Å². The lowest BCUT2D eigenvalue weighted by Gasteiger charge is -2.36. The third-order valence-corrected chi connectivity index (χ3v) is 7.15. The van der Waals surface area contributed by atoms with Gasteiger partial charge in [-0.1, -0.05) is 148 Å². The van der Waals surface area contributed by atoms with Gasteiger partial charge >= 0.3 is 0 Å². The molecule has 4 rings (SSSR count). The molecule has 0 bridgehead atoms. The second-order valence-corrected chi connectivity index (χ2v) is 12.0.